The highest BCUT2D eigenvalue weighted by atomic mass is 35.5. The van der Waals surface area contributed by atoms with Gasteiger partial charge in [-0.2, -0.15) is 0 Å². The van der Waals surface area contributed by atoms with Gasteiger partial charge >= 0.3 is 5.91 Å². The van der Waals surface area contributed by atoms with E-state index in [0.29, 0.717) is 33.7 Å². The maximum atomic E-state index is 14.1. The second-order valence-electron chi connectivity index (χ2n) is 8.51. The Morgan fingerprint density at radius 1 is 1.24 bits per heavy atom. The van der Waals surface area contributed by atoms with E-state index in [-0.39, 0.29) is 21.5 Å². The normalized spacial score (nSPS) is 17.1. The van der Waals surface area contributed by atoms with Gasteiger partial charge in [0.25, 0.3) is 5.78 Å². The zero-order valence-electron chi connectivity index (χ0n) is 19.9. The summed E-state index contributed by atoms with van der Waals surface area (Å²) in [6.07, 6.45) is 3.94. The summed E-state index contributed by atoms with van der Waals surface area (Å²) >= 11 is 6.96. The molecule has 3 heterocycles. The average Bonchev–Trinajstić information content (AvgIpc) is 3.41. The molecule has 1 aliphatic rings. The molecule has 37 heavy (non-hydrogen) atoms. The Labute approximate surface area is 220 Å². The maximum Gasteiger partial charge on any atom is 0.301 e. The molecule has 1 unspecified atom stereocenters. The molecule has 0 bridgehead atoms. The minimum Gasteiger partial charge on any atom is -0.507 e. The highest BCUT2D eigenvalue weighted by molar-refractivity contribution is 7.22. The van der Waals surface area contributed by atoms with Crippen molar-refractivity contribution < 1.29 is 23.8 Å². The molecular weight excluding hydrogens is 517 g/mol. The molecule has 1 atom stereocenters. The lowest BCUT2D eigenvalue weighted by Crippen LogP contribution is -2.29. The predicted octanol–water partition coefficient (Wildman–Crippen LogP) is 6.21. The molecule has 0 spiro atoms. The third-order valence-corrected chi connectivity index (χ3v) is 7.29. The van der Waals surface area contributed by atoms with E-state index < -0.39 is 23.5 Å². The van der Waals surface area contributed by atoms with Crippen molar-refractivity contribution in [2.75, 3.05) is 11.5 Å². The molecule has 2 aromatic carbocycles. The van der Waals surface area contributed by atoms with E-state index in [2.05, 4.69) is 9.97 Å². The number of aliphatic hydroxyl groups is 1. The van der Waals surface area contributed by atoms with Gasteiger partial charge in [0, 0.05) is 18.0 Å². The van der Waals surface area contributed by atoms with Gasteiger partial charge in [-0.3, -0.25) is 19.5 Å². The molecular formula is C27H21ClFN3O4S. The Hall–Kier alpha value is -3.82. The predicted molar refractivity (Wildman–Crippen MR) is 141 cm³/mol. The van der Waals surface area contributed by atoms with Crippen LogP contribution in [0.25, 0.3) is 16.0 Å². The molecule has 2 aromatic heterocycles. The Bertz CT molecular complexity index is 1530. The van der Waals surface area contributed by atoms with Crippen molar-refractivity contribution in [3.8, 4) is 5.75 Å². The van der Waals surface area contributed by atoms with Crippen LogP contribution in [0.5, 0.6) is 5.75 Å². The zero-order chi connectivity index (χ0) is 26.3. The Morgan fingerprint density at radius 2 is 2.05 bits per heavy atom. The van der Waals surface area contributed by atoms with E-state index in [0.717, 1.165) is 23.3 Å². The lowest BCUT2D eigenvalue weighted by atomic mass is 9.96. The minimum absolute atomic E-state index is 0.0944. The summed E-state index contributed by atoms with van der Waals surface area (Å²) in [4.78, 5) is 36.5. The molecule has 1 aliphatic heterocycles. The van der Waals surface area contributed by atoms with Crippen LogP contribution in [0.15, 0.2) is 60.4 Å². The number of ketones is 1. The number of hydrogen-bond acceptors (Lipinski definition) is 7. The largest absolute Gasteiger partial charge is 0.507 e. The lowest BCUT2D eigenvalue weighted by Gasteiger charge is -2.22. The van der Waals surface area contributed by atoms with Gasteiger partial charge in [-0.05, 0) is 60.9 Å². The van der Waals surface area contributed by atoms with Crippen molar-refractivity contribution in [3.63, 3.8) is 0 Å². The first-order chi connectivity index (χ1) is 17.8. The smallest absolute Gasteiger partial charge is 0.301 e. The van der Waals surface area contributed by atoms with Crippen LogP contribution >= 0.6 is 22.9 Å². The number of rotatable bonds is 6. The first-order valence-corrected chi connectivity index (χ1v) is 12.7. The average molecular weight is 538 g/mol. The summed E-state index contributed by atoms with van der Waals surface area (Å²) in [6.45, 7) is 4.39. The van der Waals surface area contributed by atoms with Gasteiger partial charge in [-0.25, -0.2) is 9.37 Å². The molecule has 5 rings (SSSR count). The Morgan fingerprint density at radius 3 is 2.76 bits per heavy atom. The first-order valence-electron chi connectivity index (χ1n) is 11.5. The fourth-order valence-corrected chi connectivity index (χ4v) is 5.38. The number of hydrogen-bond donors (Lipinski definition) is 1. The van der Waals surface area contributed by atoms with E-state index in [1.807, 2.05) is 13.8 Å². The first kappa shape index (κ1) is 24.9. The van der Waals surface area contributed by atoms with Crippen LogP contribution in [0.3, 0.4) is 0 Å². The highest BCUT2D eigenvalue weighted by Gasteiger charge is 2.48. The number of fused-ring (bicyclic) bond motifs is 1. The third kappa shape index (κ3) is 4.45. The molecule has 7 nitrogen and oxygen atoms in total. The number of Topliss-reactive ketones (excluding diaryl/α,β-unsaturated/α-hetero) is 1. The van der Waals surface area contributed by atoms with Gasteiger partial charge in [0.1, 0.15) is 17.3 Å². The van der Waals surface area contributed by atoms with E-state index >= 15 is 0 Å². The lowest BCUT2D eigenvalue weighted by molar-refractivity contribution is -0.132. The summed E-state index contributed by atoms with van der Waals surface area (Å²) in [6, 6.07) is 10.1. The summed E-state index contributed by atoms with van der Waals surface area (Å²) in [5.74, 6) is -1.99. The van der Waals surface area contributed by atoms with Crippen LogP contribution < -0.4 is 9.64 Å². The number of amides is 1. The van der Waals surface area contributed by atoms with Gasteiger partial charge < -0.3 is 9.84 Å². The monoisotopic (exact) mass is 537 g/mol. The number of aliphatic hydroxyl groups excluding tert-OH is 1. The van der Waals surface area contributed by atoms with Gasteiger partial charge in [-0.1, -0.05) is 35.9 Å². The van der Waals surface area contributed by atoms with Gasteiger partial charge in [0.2, 0.25) is 0 Å². The number of benzene rings is 2. The van der Waals surface area contributed by atoms with Crippen molar-refractivity contribution >= 4 is 55.7 Å². The van der Waals surface area contributed by atoms with Crippen LogP contribution in [0.1, 0.15) is 36.1 Å². The second kappa shape index (κ2) is 9.91. The highest BCUT2D eigenvalue weighted by Crippen LogP contribution is 2.44. The molecule has 0 aliphatic carbocycles. The maximum absolute atomic E-state index is 14.1. The number of carbonyl (C=O) groups excluding carboxylic acids is 2. The summed E-state index contributed by atoms with van der Waals surface area (Å²) in [5.41, 5.74) is 1.94. The van der Waals surface area contributed by atoms with Crippen LogP contribution in [0.4, 0.5) is 9.52 Å². The van der Waals surface area contributed by atoms with Crippen LogP contribution in [-0.4, -0.2) is 33.4 Å². The van der Waals surface area contributed by atoms with Crippen molar-refractivity contribution in [1.82, 2.24) is 9.97 Å². The molecule has 1 amide bonds. The molecule has 0 radical (unpaired) electrons. The molecule has 1 saturated heterocycles. The summed E-state index contributed by atoms with van der Waals surface area (Å²) < 4.78 is 20.2. The van der Waals surface area contributed by atoms with Crippen molar-refractivity contribution in [2.24, 2.45) is 0 Å². The standard InChI is InChI=1S/C27H21ClFN3O4S/c1-3-9-36-20-7-6-15(10-14(20)2)24(33)22-23(16-5-4-8-30-13-16)32(26(35)25(22)34)27-31-19-11-17(28)18(29)12-21(19)37-27/h4-8,10-13,23,33H,3,9H2,1-2H3/b24-22+. The van der Waals surface area contributed by atoms with Crippen LogP contribution in [0.2, 0.25) is 5.02 Å². The molecule has 4 aromatic rings. The summed E-state index contributed by atoms with van der Waals surface area (Å²) in [5, 5.41) is 11.4. The van der Waals surface area contributed by atoms with E-state index in [9.17, 15) is 19.1 Å². The van der Waals surface area contributed by atoms with Crippen molar-refractivity contribution in [3.05, 3.63) is 88.0 Å². The number of anilines is 1. The van der Waals surface area contributed by atoms with E-state index in [1.54, 1.807) is 36.5 Å². The van der Waals surface area contributed by atoms with Gasteiger partial charge in [0.15, 0.2) is 5.13 Å². The van der Waals surface area contributed by atoms with Crippen LogP contribution in [-0.2, 0) is 9.59 Å². The Kier molecular flexibility index (Phi) is 6.66. The van der Waals surface area contributed by atoms with E-state index in [1.165, 1.54) is 23.2 Å². The molecule has 0 saturated carbocycles. The number of halogens is 2. The molecule has 1 fully saturated rings. The van der Waals surface area contributed by atoms with Crippen molar-refractivity contribution in [2.45, 2.75) is 26.3 Å². The van der Waals surface area contributed by atoms with Gasteiger partial charge in [-0.15, -0.1) is 0 Å². The fraction of sp³-hybridized carbons (Fsp3) is 0.185. The number of ether oxygens (including phenoxy) is 1. The number of carbonyl (C=O) groups is 2. The molecule has 10 heteroatoms. The molecule has 1 N–H and O–H groups in total. The van der Waals surface area contributed by atoms with Crippen molar-refractivity contribution in [1.29, 1.82) is 0 Å². The third-order valence-electron chi connectivity index (χ3n) is 5.98. The number of nitrogens with zero attached hydrogens (tertiary/aromatic N) is 3. The molecule has 188 valence electrons. The number of thiazole rings is 1. The summed E-state index contributed by atoms with van der Waals surface area (Å²) in [7, 11) is 0. The quantitative estimate of drug-likeness (QED) is 0.179. The van der Waals surface area contributed by atoms with E-state index in [4.69, 9.17) is 16.3 Å². The Balaban J connectivity index is 1.66. The number of pyridine rings is 1. The number of aromatic nitrogens is 2. The minimum atomic E-state index is -0.995. The zero-order valence-corrected chi connectivity index (χ0v) is 21.4. The van der Waals surface area contributed by atoms with Gasteiger partial charge in [0.05, 0.1) is 33.5 Å². The topological polar surface area (TPSA) is 92.6 Å². The second-order valence-corrected chi connectivity index (χ2v) is 9.93. The fourth-order valence-electron chi connectivity index (χ4n) is 4.22. The number of aryl methyl sites for hydroxylation is 1. The van der Waals surface area contributed by atoms with Crippen LogP contribution in [0, 0.1) is 12.7 Å². The SMILES string of the molecule is CCCOc1ccc(/C(O)=C2\C(=O)C(=O)N(c3nc4cc(Cl)c(F)cc4s3)C2c2cccnc2)cc1C.